The molecule has 0 aliphatic heterocycles. The predicted octanol–water partition coefficient (Wildman–Crippen LogP) is 3.57. The molecule has 3 aromatic rings. The SMILES string of the molecule is OCCN([C@H](CO)c1ccccc1)[C@H](COCc1ccccc1)c1ccco1. The molecule has 0 radical (unpaired) electrons. The van der Waals surface area contributed by atoms with Crippen molar-refractivity contribution in [2.45, 2.75) is 18.7 Å². The molecule has 1 aromatic heterocycles. The number of hydrogen-bond donors (Lipinski definition) is 2. The van der Waals surface area contributed by atoms with Crippen LogP contribution in [0.5, 0.6) is 0 Å². The van der Waals surface area contributed by atoms with Crippen LogP contribution in [0.25, 0.3) is 0 Å². The minimum Gasteiger partial charge on any atom is -0.468 e. The first-order valence-corrected chi connectivity index (χ1v) is 9.51. The van der Waals surface area contributed by atoms with Crippen LogP contribution in [0.4, 0.5) is 0 Å². The van der Waals surface area contributed by atoms with E-state index in [4.69, 9.17) is 9.15 Å². The Morgan fingerprint density at radius 3 is 2.18 bits per heavy atom. The van der Waals surface area contributed by atoms with Crippen LogP contribution in [-0.4, -0.2) is 41.5 Å². The molecule has 5 nitrogen and oxygen atoms in total. The lowest BCUT2D eigenvalue weighted by Crippen LogP contribution is -2.39. The molecule has 1 heterocycles. The van der Waals surface area contributed by atoms with E-state index in [9.17, 15) is 10.2 Å². The normalized spacial score (nSPS) is 13.5. The molecule has 0 fully saturated rings. The third-order valence-electron chi connectivity index (χ3n) is 4.78. The number of rotatable bonds is 11. The summed E-state index contributed by atoms with van der Waals surface area (Å²) in [6.45, 7) is 1.16. The van der Waals surface area contributed by atoms with Gasteiger partial charge in [0.2, 0.25) is 0 Å². The van der Waals surface area contributed by atoms with Crippen LogP contribution < -0.4 is 0 Å². The van der Waals surface area contributed by atoms with Crippen LogP contribution in [0.2, 0.25) is 0 Å². The Morgan fingerprint density at radius 1 is 0.857 bits per heavy atom. The monoisotopic (exact) mass is 381 g/mol. The minimum absolute atomic E-state index is 0.0285. The Kier molecular flexibility index (Phi) is 7.82. The second kappa shape index (κ2) is 10.8. The van der Waals surface area contributed by atoms with Crippen molar-refractivity contribution in [3.63, 3.8) is 0 Å². The van der Waals surface area contributed by atoms with Crippen molar-refractivity contribution in [3.05, 3.63) is 95.9 Å². The standard InChI is InChI=1S/C23H27NO4/c25-14-13-24(21(16-26)20-10-5-2-6-11-20)22(23-12-7-15-28-23)18-27-17-19-8-3-1-4-9-19/h1-12,15,21-22,25-26H,13-14,16-18H2/t21-,22-/m1/s1. The summed E-state index contributed by atoms with van der Waals surface area (Å²) in [5.74, 6) is 0.746. The molecule has 28 heavy (non-hydrogen) atoms. The molecule has 0 aliphatic rings. The molecule has 3 rings (SSSR count). The Labute approximate surface area is 165 Å². The number of aliphatic hydroxyl groups excluding tert-OH is 2. The Bertz CT molecular complexity index is 777. The van der Waals surface area contributed by atoms with Gasteiger partial charge in [0.05, 0.1) is 44.8 Å². The van der Waals surface area contributed by atoms with Crippen LogP contribution in [0.1, 0.15) is 29.0 Å². The largest absolute Gasteiger partial charge is 0.468 e. The van der Waals surface area contributed by atoms with Gasteiger partial charge in [0, 0.05) is 6.54 Å². The van der Waals surface area contributed by atoms with E-state index in [0.29, 0.717) is 19.8 Å². The summed E-state index contributed by atoms with van der Waals surface area (Å²) >= 11 is 0. The molecule has 148 valence electrons. The minimum atomic E-state index is -0.274. The number of furan rings is 1. The van der Waals surface area contributed by atoms with Crippen LogP contribution in [-0.2, 0) is 11.3 Å². The van der Waals surface area contributed by atoms with Gasteiger partial charge in [-0.05, 0) is 23.3 Å². The van der Waals surface area contributed by atoms with Crippen molar-refractivity contribution in [2.75, 3.05) is 26.4 Å². The molecule has 2 aromatic carbocycles. The van der Waals surface area contributed by atoms with Gasteiger partial charge >= 0.3 is 0 Å². The van der Waals surface area contributed by atoms with Crippen LogP contribution >= 0.6 is 0 Å². The van der Waals surface area contributed by atoms with Crippen LogP contribution in [0.3, 0.4) is 0 Å². The lowest BCUT2D eigenvalue weighted by Gasteiger charge is -2.36. The summed E-state index contributed by atoms with van der Waals surface area (Å²) in [6, 6.07) is 23.0. The summed E-state index contributed by atoms with van der Waals surface area (Å²) < 4.78 is 11.7. The highest BCUT2D eigenvalue weighted by molar-refractivity contribution is 5.20. The Morgan fingerprint density at radius 2 is 1.57 bits per heavy atom. The van der Waals surface area contributed by atoms with E-state index in [1.807, 2.05) is 77.7 Å². The molecule has 2 N–H and O–H groups in total. The molecule has 0 spiro atoms. The number of benzene rings is 2. The quantitative estimate of drug-likeness (QED) is 0.532. The average Bonchev–Trinajstić information content (AvgIpc) is 3.27. The molecule has 0 aliphatic carbocycles. The van der Waals surface area contributed by atoms with Crippen molar-refractivity contribution in [1.29, 1.82) is 0 Å². The van der Waals surface area contributed by atoms with Gasteiger partial charge in [-0.1, -0.05) is 60.7 Å². The van der Waals surface area contributed by atoms with Gasteiger partial charge in [-0.25, -0.2) is 0 Å². The van der Waals surface area contributed by atoms with Gasteiger partial charge in [-0.3, -0.25) is 4.90 Å². The number of nitrogens with zero attached hydrogens (tertiary/aromatic N) is 1. The fourth-order valence-corrected chi connectivity index (χ4v) is 3.41. The number of aliphatic hydroxyl groups is 2. The van der Waals surface area contributed by atoms with Crippen LogP contribution in [0.15, 0.2) is 83.5 Å². The smallest absolute Gasteiger partial charge is 0.123 e. The zero-order valence-electron chi connectivity index (χ0n) is 15.9. The van der Waals surface area contributed by atoms with Crippen molar-refractivity contribution in [1.82, 2.24) is 4.90 Å². The molecule has 0 amide bonds. The lowest BCUT2D eigenvalue weighted by atomic mass is 10.0. The van der Waals surface area contributed by atoms with Crippen molar-refractivity contribution in [2.24, 2.45) is 0 Å². The zero-order chi connectivity index (χ0) is 19.6. The van der Waals surface area contributed by atoms with Crippen molar-refractivity contribution in [3.8, 4) is 0 Å². The molecule has 0 saturated carbocycles. The maximum atomic E-state index is 10.1. The van der Waals surface area contributed by atoms with Gasteiger partial charge in [0.15, 0.2) is 0 Å². The van der Waals surface area contributed by atoms with Gasteiger partial charge in [0.1, 0.15) is 5.76 Å². The second-order valence-electron chi connectivity index (χ2n) is 6.60. The topological polar surface area (TPSA) is 66.1 Å². The van der Waals surface area contributed by atoms with E-state index < -0.39 is 0 Å². The summed E-state index contributed by atoms with van der Waals surface area (Å²) in [6.07, 6.45) is 1.63. The highest BCUT2D eigenvalue weighted by Gasteiger charge is 2.30. The van der Waals surface area contributed by atoms with Gasteiger partial charge in [-0.15, -0.1) is 0 Å². The van der Waals surface area contributed by atoms with E-state index in [1.54, 1.807) is 6.26 Å². The van der Waals surface area contributed by atoms with Crippen molar-refractivity contribution >= 4 is 0 Å². The highest BCUT2D eigenvalue weighted by Crippen LogP contribution is 2.31. The third kappa shape index (κ3) is 5.30. The second-order valence-corrected chi connectivity index (χ2v) is 6.60. The molecule has 5 heteroatoms. The summed E-state index contributed by atoms with van der Waals surface area (Å²) in [4.78, 5) is 2.04. The van der Waals surface area contributed by atoms with E-state index in [2.05, 4.69) is 0 Å². The molecule has 0 unspecified atom stereocenters. The molecule has 0 saturated heterocycles. The van der Waals surface area contributed by atoms with E-state index >= 15 is 0 Å². The molecular formula is C23H27NO4. The predicted molar refractivity (Wildman–Crippen MR) is 108 cm³/mol. The molecular weight excluding hydrogens is 354 g/mol. The molecule has 0 bridgehead atoms. The fraction of sp³-hybridized carbons (Fsp3) is 0.304. The zero-order valence-corrected chi connectivity index (χ0v) is 15.9. The summed E-state index contributed by atoms with van der Waals surface area (Å²) in [5, 5.41) is 19.8. The van der Waals surface area contributed by atoms with Gasteiger partial charge in [0.25, 0.3) is 0 Å². The highest BCUT2D eigenvalue weighted by atomic mass is 16.5. The summed E-state index contributed by atoms with van der Waals surface area (Å²) in [7, 11) is 0. The van der Waals surface area contributed by atoms with Gasteiger partial charge in [-0.2, -0.15) is 0 Å². The number of ether oxygens (including phenoxy) is 1. The first-order chi connectivity index (χ1) is 13.8. The first kappa shape index (κ1) is 20.3. The van der Waals surface area contributed by atoms with Gasteiger partial charge < -0.3 is 19.4 Å². The molecule has 2 atom stereocenters. The Hall–Kier alpha value is -2.44. The maximum absolute atomic E-state index is 10.1. The maximum Gasteiger partial charge on any atom is 0.123 e. The van der Waals surface area contributed by atoms with E-state index in [0.717, 1.165) is 16.9 Å². The third-order valence-corrected chi connectivity index (χ3v) is 4.78. The average molecular weight is 381 g/mol. The Balaban J connectivity index is 1.81. The summed E-state index contributed by atoms with van der Waals surface area (Å²) in [5.41, 5.74) is 2.08. The van der Waals surface area contributed by atoms with Crippen molar-refractivity contribution < 1.29 is 19.4 Å². The number of hydrogen-bond acceptors (Lipinski definition) is 5. The van der Waals surface area contributed by atoms with E-state index in [1.165, 1.54) is 0 Å². The lowest BCUT2D eigenvalue weighted by molar-refractivity contribution is -0.00231. The van der Waals surface area contributed by atoms with Crippen LogP contribution in [0, 0.1) is 0 Å². The first-order valence-electron chi connectivity index (χ1n) is 9.51. The fourth-order valence-electron chi connectivity index (χ4n) is 3.41. The van der Waals surface area contributed by atoms with E-state index in [-0.39, 0.29) is 25.3 Å².